The topological polar surface area (TPSA) is 89.0 Å². The number of benzene rings is 2. The van der Waals surface area contributed by atoms with Crippen LogP contribution in [-0.4, -0.2) is 63.1 Å². The Labute approximate surface area is 222 Å². The van der Waals surface area contributed by atoms with Crippen molar-refractivity contribution in [1.82, 2.24) is 9.29 Å². The third kappa shape index (κ3) is 5.38. The van der Waals surface area contributed by atoms with Gasteiger partial charge in [0.15, 0.2) is 5.13 Å². The summed E-state index contributed by atoms with van der Waals surface area (Å²) in [6.45, 7) is 4.16. The van der Waals surface area contributed by atoms with Crippen LogP contribution in [0.15, 0.2) is 41.3 Å². The Kier molecular flexibility index (Phi) is 7.80. The highest BCUT2D eigenvalue weighted by Crippen LogP contribution is 2.37. The molecule has 1 amide bonds. The van der Waals surface area contributed by atoms with Crippen molar-refractivity contribution < 1.29 is 22.7 Å². The molecule has 3 heterocycles. The molecule has 5 rings (SSSR count). The molecule has 2 aromatic carbocycles. The summed E-state index contributed by atoms with van der Waals surface area (Å²) in [5.41, 5.74) is 2.20. The van der Waals surface area contributed by atoms with Gasteiger partial charge < -0.3 is 9.47 Å². The number of carbonyl (C=O) groups excluding carboxylic acids is 1. The zero-order valence-corrected chi connectivity index (χ0v) is 22.9. The molecule has 0 bridgehead atoms. The van der Waals surface area contributed by atoms with E-state index < -0.39 is 10.0 Å². The molecule has 2 fully saturated rings. The maximum atomic E-state index is 13.8. The molecular weight excluding hydrogens is 510 g/mol. The number of anilines is 1. The number of aromatic nitrogens is 1. The van der Waals surface area contributed by atoms with Crippen LogP contribution in [-0.2, 0) is 14.8 Å². The number of aryl methyl sites for hydroxylation is 1. The summed E-state index contributed by atoms with van der Waals surface area (Å²) in [7, 11) is -1.97. The van der Waals surface area contributed by atoms with Crippen LogP contribution < -0.4 is 9.64 Å². The Morgan fingerprint density at radius 2 is 1.84 bits per heavy atom. The number of hydrogen-bond acceptors (Lipinski definition) is 7. The minimum absolute atomic E-state index is 0.0679. The molecule has 0 radical (unpaired) electrons. The number of nitrogens with zero attached hydrogens (tertiary/aromatic N) is 3. The van der Waals surface area contributed by atoms with Crippen molar-refractivity contribution in [2.75, 3.05) is 38.3 Å². The largest absolute Gasteiger partial charge is 0.494 e. The third-order valence-electron chi connectivity index (χ3n) is 7.10. The second kappa shape index (κ2) is 11.1. The van der Waals surface area contributed by atoms with E-state index in [9.17, 15) is 13.2 Å². The predicted molar refractivity (Wildman–Crippen MR) is 145 cm³/mol. The molecule has 198 valence electrons. The molecule has 0 spiro atoms. The van der Waals surface area contributed by atoms with Crippen LogP contribution in [0.2, 0.25) is 0 Å². The highest BCUT2D eigenvalue weighted by atomic mass is 32.2. The summed E-state index contributed by atoms with van der Waals surface area (Å²) < 4.78 is 40.3. The molecule has 8 nitrogen and oxygen atoms in total. The smallest absolute Gasteiger partial charge is 0.260 e. The lowest BCUT2D eigenvalue weighted by Crippen LogP contribution is -2.37. The Morgan fingerprint density at radius 1 is 1.11 bits per heavy atom. The van der Waals surface area contributed by atoms with Crippen molar-refractivity contribution >= 4 is 42.6 Å². The summed E-state index contributed by atoms with van der Waals surface area (Å²) in [6, 6.07) is 10.2. The highest BCUT2D eigenvalue weighted by molar-refractivity contribution is 7.89. The fraction of sp³-hybridized carbons (Fsp3) is 0.481. The molecule has 1 aromatic heterocycles. The van der Waals surface area contributed by atoms with Crippen LogP contribution in [0.4, 0.5) is 5.13 Å². The lowest BCUT2D eigenvalue weighted by atomic mass is 10.2. The van der Waals surface area contributed by atoms with Crippen molar-refractivity contribution in [2.45, 2.75) is 56.4 Å². The van der Waals surface area contributed by atoms with Gasteiger partial charge in [0.1, 0.15) is 11.3 Å². The molecule has 10 heteroatoms. The molecule has 0 aliphatic carbocycles. The van der Waals surface area contributed by atoms with Crippen molar-refractivity contribution in [3.8, 4) is 5.75 Å². The third-order valence-corrected chi connectivity index (χ3v) is 10.2. The van der Waals surface area contributed by atoms with Crippen LogP contribution in [0.3, 0.4) is 0 Å². The van der Waals surface area contributed by atoms with Crippen LogP contribution >= 0.6 is 11.3 Å². The molecule has 0 saturated carbocycles. The average Bonchev–Trinajstić information content (AvgIpc) is 3.51. The second-order valence-corrected chi connectivity index (χ2v) is 12.6. The van der Waals surface area contributed by atoms with Crippen molar-refractivity contribution in [3.63, 3.8) is 0 Å². The lowest BCUT2D eigenvalue weighted by molar-refractivity contribution is 0.0917. The van der Waals surface area contributed by atoms with E-state index >= 15 is 0 Å². The zero-order valence-electron chi connectivity index (χ0n) is 21.3. The predicted octanol–water partition coefficient (Wildman–Crippen LogP) is 5.00. The fourth-order valence-electron chi connectivity index (χ4n) is 4.97. The lowest BCUT2D eigenvalue weighted by Gasteiger charge is -2.23. The Balaban J connectivity index is 1.46. The van der Waals surface area contributed by atoms with E-state index in [1.54, 1.807) is 40.6 Å². The molecule has 2 aliphatic rings. The zero-order chi connectivity index (χ0) is 26.0. The summed E-state index contributed by atoms with van der Waals surface area (Å²) in [6.07, 6.45) is 5.63. The molecule has 2 saturated heterocycles. The summed E-state index contributed by atoms with van der Waals surface area (Å²) >= 11 is 1.45. The number of amides is 1. The van der Waals surface area contributed by atoms with E-state index in [1.807, 2.05) is 19.1 Å². The monoisotopic (exact) mass is 543 g/mol. The van der Waals surface area contributed by atoms with Gasteiger partial charge in [-0.3, -0.25) is 9.69 Å². The molecule has 1 unspecified atom stereocenters. The number of sulfonamides is 1. The van der Waals surface area contributed by atoms with E-state index in [0.29, 0.717) is 42.7 Å². The molecule has 37 heavy (non-hydrogen) atoms. The Bertz CT molecular complexity index is 1360. The number of methoxy groups -OCH3 is 1. The molecule has 0 N–H and O–H groups in total. The van der Waals surface area contributed by atoms with Crippen molar-refractivity contribution in [2.24, 2.45) is 0 Å². The second-order valence-electron chi connectivity index (χ2n) is 9.65. The summed E-state index contributed by atoms with van der Waals surface area (Å²) in [5.74, 6) is 0.431. The van der Waals surface area contributed by atoms with Gasteiger partial charge in [-0.1, -0.05) is 30.2 Å². The van der Waals surface area contributed by atoms with Crippen molar-refractivity contribution in [3.05, 3.63) is 47.5 Å². The molecular formula is C27H33N3O5S2. The van der Waals surface area contributed by atoms with Crippen LogP contribution in [0.5, 0.6) is 5.75 Å². The van der Waals surface area contributed by atoms with Crippen LogP contribution in [0, 0.1) is 6.92 Å². The van der Waals surface area contributed by atoms with E-state index in [-0.39, 0.29) is 16.9 Å². The average molecular weight is 544 g/mol. The molecule has 2 aliphatic heterocycles. The number of hydrogen-bond donors (Lipinski definition) is 0. The maximum Gasteiger partial charge on any atom is 0.260 e. The summed E-state index contributed by atoms with van der Waals surface area (Å²) in [4.78, 5) is 20.5. The van der Waals surface area contributed by atoms with E-state index in [0.717, 1.165) is 54.3 Å². The van der Waals surface area contributed by atoms with Gasteiger partial charge in [0.05, 0.1) is 29.4 Å². The standard InChI is InChI=1S/C27H33N3O5S2/c1-19-9-14-23(34-2)24-25(19)36-27(28-24)30(18-21-8-7-17-35-21)26(31)20-10-12-22(13-11-20)37(32,33)29-15-5-3-4-6-16-29/h9-14,21H,3-8,15-18H2,1-2H3. The first kappa shape index (κ1) is 26.1. The Morgan fingerprint density at radius 3 is 2.49 bits per heavy atom. The minimum atomic E-state index is -3.58. The van der Waals surface area contributed by atoms with Crippen LogP contribution in [0.1, 0.15) is 54.4 Å². The first-order valence-corrected chi connectivity index (χ1v) is 15.1. The van der Waals surface area contributed by atoms with E-state index in [2.05, 4.69) is 0 Å². The van der Waals surface area contributed by atoms with E-state index in [1.165, 1.54) is 11.3 Å². The quantitative estimate of drug-likeness (QED) is 0.417. The van der Waals surface area contributed by atoms with Gasteiger partial charge in [0.2, 0.25) is 10.0 Å². The van der Waals surface area contributed by atoms with Gasteiger partial charge in [0, 0.05) is 25.3 Å². The van der Waals surface area contributed by atoms with Gasteiger partial charge in [-0.15, -0.1) is 0 Å². The number of ether oxygens (including phenoxy) is 2. The number of rotatable bonds is 7. The van der Waals surface area contributed by atoms with Gasteiger partial charge in [-0.2, -0.15) is 4.31 Å². The van der Waals surface area contributed by atoms with Gasteiger partial charge in [0.25, 0.3) is 5.91 Å². The fourth-order valence-corrected chi connectivity index (χ4v) is 7.55. The SMILES string of the molecule is COc1ccc(C)c2sc(N(CC3CCCO3)C(=O)c3ccc(S(=O)(=O)N4CCCCCC4)cc3)nc12. The first-order valence-electron chi connectivity index (χ1n) is 12.9. The number of fused-ring (bicyclic) bond motifs is 1. The first-order chi connectivity index (χ1) is 17.9. The van der Waals surface area contributed by atoms with Crippen LogP contribution in [0.25, 0.3) is 10.2 Å². The molecule has 3 aromatic rings. The van der Waals surface area contributed by atoms with E-state index in [4.69, 9.17) is 14.5 Å². The molecule has 1 atom stereocenters. The van der Waals surface area contributed by atoms with Gasteiger partial charge in [-0.25, -0.2) is 13.4 Å². The Hall–Kier alpha value is -2.53. The summed E-state index contributed by atoms with van der Waals surface area (Å²) in [5, 5.41) is 0.573. The maximum absolute atomic E-state index is 13.8. The number of thiazole rings is 1. The minimum Gasteiger partial charge on any atom is -0.494 e. The highest BCUT2D eigenvalue weighted by Gasteiger charge is 2.29. The van der Waals surface area contributed by atoms with Gasteiger partial charge in [-0.05, 0) is 68.5 Å². The van der Waals surface area contributed by atoms with Crippen molar-refractivity contribution in [1.29, 1.82) is 0 Å². The van der Waals surface area contributed by atoms with Gasteiger partial charge >= 0.3 is 0 Å². The number of carbonyl (C=O) groups is 1. The normalized spacial score (nSPS) is 19.1.